The number of aryl methyl sites for hydroxylation is 2. The number of ketones is 1. The molecule has 2 aromatic carbocycles. The van der Waals surface area contributed by atoms with Crippen molar-refractivity contribution in [3.63, 3.8) is 0 Å². The summed E-state index contributed by atoms with van der Waals surface area (Å²) in [7, 11) is 0. The smallest absolute Gasteiger partial charge is 0.207 e. The molecule has 0 N–H and O–H groups in total. The van der Waals surface area contributed by atoms with Gasteiger partial charge in [0.15, 0.2) is 0 Å². The van der Waals surface area contributed by atoms with Gasteiger partial charge in [-0.15, -0.1) is 0 Å². The minimum atomic E-state index is -0.199. The number of benzene rings is 2. The second kappa shape index (κ2) is 9.01. The average Bonchev–Trinajstić information content (AvgIpc) is 2.73. The molecule has 0 saturated heterocycles. The fourth-order valence-electron chi connectivity index (χ4n) is 4.05. The van der Waals surface area contributed by atoms with Gasteiger partial charge in [-0.05, 0) is 67.6 Å². The molecule has 0 bridgehead atoms. The van der Waals surface area contributed by atoms with Gasteiger partial charge in [0.05, 0.1) is 18.6 Å². The molecule has 4 rings (SSSR count). The Morgan fingerprint density at radius 2 is 1.77 bits per heavy atom. The van der Waals surface area contributed by atoms with Crippen molar-refractivity contribution < 1.29 is 19.0 Å². The molecular formula is C24H24Cl2O4. The first-order chi connectivity index (χ1) is 14.4. The number of carbonyl (C=O) groups is 1. The maximum absolute atomic E-state index is 13.0. The van der Waals surface area contributed by atoms with Crippen LogP contribution in [-0.2, 0) is 20.9 Å². The zero-order valence-electron chi connectivity index (χ0n) is 17.0. The number of fused-ring (bicyclic) bond motifs is 1. The Labute approximate surface area is 186 Å². The zero-order chi connectivity index (χ0) is 21.3. The highest BCUT2D eigenvalue weighted by Gasteiger charge is 2.41. The number of carbonyl (C=O) groups excluding carboxylic acids is 1. The summed E-state index contributed by atoms with van der Waals surface area (Å²) < 4.78 is 17.8. The fourth-order valence-corrected chi connectivity index (χ4v) is 4.28. The van der Waals surface area contributed by atoms with E-state index in [1.807, 2.05) is 50.2 Å². The monoisotopic (exact) mass is 446 g/mol. The first-order valence-corrected chi connectivity index (χ1v) is 10.9. The van der Waals surface area contributed by atoms with Gasteiger partial charge in [-0.2, -0.15) is 0 Å². The molecule has 0 spiro atoms. The van der Waals surface area contributed by atoms with E-state index >= 15 is 0 Å². The standard InChI is InChI=1S/C24H24Cl2O4/c1-14-9-19(10-15(2)23(14)26)30-22-13-29-21-11-18(7-8-20(21)24(22)27)28-12-16-3-5-17(25)6-4-16/h3-6,9-10,13,18,20-21H,7-8,11-12H2,1-2H3. The van der Waals surface area contributed by atoms with Crippen LogP contribution in [0.4, 0.5) is 0 Å². The summed E-state index contributed by atoms with van der Waals surface area (Å²) in [4.78, 5) is 13.0. The average molecular weight is 447 g/mol. The van der Waals surface area contributed by atoms with E-state index in [1.54, 1.807) is 0 Å². The summed E-state index contributed by atoms with van der Waals surface area (Å²) in [5, 5.41) is 1.42. The molecule has 4 nitrogen and oxygen atoms in total. The molecule has 1 aliphatic carbocycles. The number of allylic oxidation sites excluding steroid dienone is 1. The van der Waals surface area contributed by atoms with E-state index in [1.165, 1.54) is 6.26 Å². The lowest BCUT2D eigenvalue weighted by atomic mass is 9.80. The predicted octanol–water partition coefficient (Wildman–Crippen LogP) is 6.18. The third-order valence-electron chi connectivity index (χ3n) is 5.71. The van der Waals surface area contributed by atoms with Gasteiger partial charge in [-0.3, -0.25) is 4.79 Å². The van der Waals surface area contributed by atoms with Crippen molar-refractivity contribution in [2.24, 2.45) is 5.92 Å². The fraction of sp³-hybridized carbons (Fsp3) is 0.375. The molecule has 0 radical (unpaired) electrons. The van der Waals surface area contributed by atoms with Crippen LogP contribution in [-0.4, -0.2) is 18.0 Å². The Kier molecular flexibility index (Phi) is 6.37. The van der Waals surface area contributed by atoms with Gasteiger partial charge in [0.1, 0.15) is 18.1 Å². The van der Waals surface area contributed by atoms with Gasteiger partial charge >= 0.3 is 0 Å². The number of halogens is 2. The highest BCUT2D eigenvalue weighted by molar-refractivity contribution is 6.32. The largest absolute Gasteiger partial charge is 0.493 e. The zero-order valence-corrected chi connectivity index (χ0v) is 18.5. The summed E-state index contributed by atoms with van der Waals surface area (Å²) in [6, 6.07) is 11.3. The van der Waals surface area contributed by atoms with Crippen LogP contribution in [0, 0.1) is 19.8 Å². The molecule has 1 fully saturated rings. The number of hydrogen-bond donors (Lipinski definition) is 0. The van der Waals surface area contributed by atoms with Crippen molar-refractivity contribution >= 4 is 29.0 Å². The molecule has 2 aliphatic rings. The molecule has 1 heterocycles. The summed E-state index contributed by atoms with van der Waals surface area (Å²) in [6.45, 7) is 4.35. The summed E-state index contributed by atoms with van der Waals surface area (Å²) >= 11 is 12.1. The molecule has 3 unspecified atom stereocenters. The highest BCUT2D eigenvalue weighted by Crippen LogP contribution is 2.36. The Morgan fingerprint density at radius 3 is 2.47 bits per heavy atom. The molecule has 6 heteroatoms. The van der Waals surface area contributed by atoms with Crippen LogP contribution in [0.3, 0.4) is 0 Å². The van der Waals surface area contributed by atoms with Gasteiger partial charge in [0.2, 0.25) is 11.5 Å². The van der Waals surface area contributed by atoms with Gasteiger partial charge < -0.3 is 14.2 Å². The molecule has 158 valence electrons. The summed E-state index contributed by atoms with van der Waals surface area (Å²) in [5.41, 5.74) is 2.90. The molecule has 1 saturated carbocycles. The summed E-state index contributed by atoms with van der Waals surface area (Å²) in [5.74, 6) is 0.636. The van der Waals surface area contributed by atoms with Crippen LogP contribution in [0.2, 0.25) is 10.0 Å². The Balaban J connectivity index is 1.37. The number of rotatable bonds is 5. The lowest BCUT2D eigenvalue weighted by molar-refractivity contribution is -0.134. The molecular weight excluding hydrogens is 423 g/mol. The van der Waals surface area contributed by atoms with Gasteiger partial charge in [-0.1, -0.05) is 35.3 Å². The first-order valence-electron chi connectivity index (χ1n) is 10.1. The van der Waals surface area contributed by atoms with Crippen molar-refractivity contribution in [3.05, 3.63) is 75.2 Å². The van der Waals surface area contributed by atoms with E-state index in [-0.39, 0.29) is 29.7 Å². The van der Waals surface area contributed by atoms with Crippen LogP contribution < -0.4 is 4.74 Å². The van der Waals surface area contributed by atoms with Crippen molar-refractivity contribution in [3.8, 4) is 5.75 Å². The number of hydrogen-bond acceptors (Lipinski definition) is 4. The normalized spacial score (nSPS) is 23.4. The van der Waals surface area contributed by atoms with E-state index in [9.17, 15) is 4.79 Å². The third kappa shape index (κ3) is 4.66. The lowest BCUT2D eigenvalue weighted by Gasteiger charge is -2.37. The van der Waals surface area contributed by atoms with Crippen LogP contribution in [0.25, 0.3) is 0 Å². The van der Waals surface area contributed by atoms with Gasteiger partial charge in [0, 0.05) is 16.5 Å². The Bertz CT molecular complexity index is 945. The number of ether oxygens (including phenoxy) is 3. The molecule has 2 aromatic rings. The van der Waals surface area contributed by atoms with E-state index in [0.29, 0.717) is 35.2 Å². The van der Waals surface area contributed by atoms with Crippen molar-refractivity contribution in [2.75, 3.05) is 0 Å². The minimum absolute atomic E-state index is 0.00680. The van der Waals surface area contributed by atoms with E-state index in [2.05, 4.69) is 0 Å². The minimum Gasteiger partial charge on any atom is -0.493 e. The molecule has 3 atom stereocenters. The maximum atomic E-state index is 13.0. The first kappa shape index (κ1) is 21.2. The lowest BCUT2D eigenvalue weighted by Crippen LogP contribution is -2.42. The van der Waals surface area contributed by atoms with Crippen molar-refractivity contribution in [1.29, 1.82) is 0 Å². The molecule has 1 aliphatic heterocycles. The van der Waals surface area contributed by atoms with Crippen molar-refractivity contribution in [1.82, 2.24) is 0 Å². The topological polar surface area (TPSA) is 44.8 Å². The van der Waals surface area contributed by atoms with E-state index in [4.69, 9.17) is 37.4 Å². The van der Waals surface area contributed by atoms with E-state index < -0.39 is 0 Å². The highest BCUT2D eigenvalue weighted by atomic mass is 35.5. The van der Waals surface area contributed by atoms with Crippen LogP contribution >= 0.6 is 23.2 Å². The van der Waals surface area contributed by atoms with Crippen LogP contribution in [0.5, 0.6) is 5.75 Å². The maximum Gasteiger partial charge on any atom is 0.207 e. The van der Waals surface area contributed by atoms with Crippen LogP contribution in [0.15, 0.2) is 48.4 Å². The predicted molar refractivity (Wildman–Crippen MR) is 117 cm³/mol. The van der Waals surface area contributed by atoms with Gasteiger partial charge in [0.25, 0.3) is 0 Å². The second-order valence-corrected chi connectivity index (χ2v) is 8.79. The Hall–Kier alpha value is -2.01. The quantitative estimate of drug-likeness (QED) is 0.549. The van der Waals surface area contributed by atoms with E-state index in [0.717, 1.165) is 23.1 Å². The molecule has 0 aromatic heterocycles. The SMILES string of the molecule is Cc1cc(OC2=COC3CC(OCc4ccc(Cl)cc4)CCC3C2=O)cc(C)c1Cl. The van der Waals surface area contributed by atoms with Crippen LogP contribution in [0.1, 0.15) is 36.0 Å². The second-order valence-electron chi connectivity index (χ2n) is 7.97. The summed E-state index contributed by atoms with van der Waals surface area (Å²) in [6.07, 6.45) is 3.55. The molecule has 0 amide bonds. The molecule has 30 heavy (non-hydrogen) atoms. The Morgan fingerprint density at radius 1 is 1.07 bits per heavy atom. The van der Waals surface area contributed by atoms with Gasteiger partial charge in [-0.25, -0.2) is 0 Å². The van der Waals surface area contributed by atoms with Crippen molar-refractivity contribution in [2.45, 2.75) is 51.9 Å². The number of Topliss-reactive ketones (excluding diaryl/α,β-unsaturated/α-hetero) is 1. The third-order valence-corrected chi connectivity index (χ3v) is 6.56.